The third kappa shape index (κ3) is 5.11. The van der Waals surface area contributed by atoms with Crippen molar-refractivity contribution < 1.29 is 18.0 Å². The lowest BCUT2D eigenvalue weighted by Gasteiger charge is -2.09. The Hall–Kier alpha value is -2.38. The van der Waals surface area contributed by atoms with E-state index < -0.39 is 11.7 Å². The number of nitrogens with one attached hydrogen (secondary N) is 1. The number of hydrogen-bond acceptors (Lipinski definition) is 3. The summed E-state index contributed by atoms with van der Waals surface area (Å²) in [6.07, 6.45) is -1.28. The standard InChI is InChI=1S/C18H12ClF3N2OS.C2H6/c1-10-9-23-7-6-14(10)24-17(25)16-5-4-15(26-16)12-8-11(18(20,21)22)2-3-13(12)19;1-2/h2-9H,1H3,(H,23,24,25);1-2H3. The molecular formula is C20H18ClF3N2OS. The molecule has 1 amide bonds. The fraction of sp³-hybridized carbons (Fsp3) is 0.200. The van der Waals surface area contributed by atoms with Gasteiger partial charge in [-0.15, -0.1) is 11.3 Å². The van der Waals surface area contributed by atoms with E-state index in [-0.39, 0.29) is 16.5 Å². The molecule has 0 saturated carbocycles. The number of alkyl halides is 3. The van der Waals surface area contributed by atoms with E-state index in [1.54, 1.807) is 30.6 Å². The summed E-state index contributed by atoms with van der Waals surface area (Å²) in [7, 11) is 0. The first-order chi connectivity index (χ1) is 13.3. The van der Waals surface area contributed by atoms with Gasteiger partial charge in [0.1, 0.15) is 0 Å². The fourth-order valence-electron chi connectivity index (χ4n) is 2.29. The molecule has 2 heterocycles. The number of carbonyl (C=O) groups excluding carboxylic acids is 1. The van der Waals surface area contributed by atoms with Gasteiger partial charge in [-0.3, -0.25) is 9.78 Å². The lowest BCUT2D eigenvalue weighted by molar-refractivity contribution is -0.137. The van der Waals surface area contributed by atoms with Crippen molar-refractivity contribution in [2.24, 2.45) is 0 Å². The van der Waals surface area contributed by atoms with Gasteiger partial charge in [0.25, 0.3) is 5.91 Å². The molecule has 0 aliphatic heterocycles. The Labute approximate surface area is 170 Å². The zero-order valence-electron chi connectivity index (χ0n) is 15.4. The van der Waals surface area contributed by atoms with Gasteiger partial charge in [0.15, 0.2) is 0 Å². The highest BCUT2D eigenvalue weighted by molar-refractivity contribution is 7.17. The number of rotatable bonds is 3. The monoisotopic (exact) mass is 426 g/mol. The van der Waals surface area contributed by atoms with Crippen molar-refractivity contribution in [3.63, 3.8) is 0 Å². The van der Waals surface area contributed by atoms with Gasteiger partial charge in [0.05, 0.1) is 10.4 Å². The number of aromatic nitrogens is 1. The molecule has 8 heteroatoms. The maximum Gasteiger partial charge on any atom is 0.416 e. The Morgan fingerprint density at radius 1 is 1.14 bits per heavy atom. The van der Waals surface area contributed by atoms with Crippen molar-refractivity contribution in [3.05, 3.63) is 69.8 Å². The molecule has 1 N–H and O–H groups in total. The molecule has 0 atom stereocenters. The van der Waals surface area contributed by atoms with Crippen molar-refractivity contribution in [1.82, 2.24) is 4.98 Å². The number of hydrogen-bond donors (Lipinski definition) is 1. The van der Waals surface area contributed by atoms with Crippen LogP contribution in [0.15, 0.2) is 48.8 Å². The van der Waals surface area contributed by atoms with Crippen molar-refractivity contribution in [3.8, 4) is 10.4 Å². The predicted octanol–water partition coefficient (Wildman–Crippen LogP) is 7.07. The van der Waals surface area contributed by atoms with Crippen LogP contribution in [-0.2, 0) is 6.18 Å². The first kappa shape index (κ1) is 21.9. The molecule has 3 nitrogen and oxygen atoms in total. The number of carbonyl (C=O) groups is 1. The van der Waals surface area contributed by atoms with E-state index >= 15 is 0 Å². The van der Waals surface area contributed by atoms with Crippen LogP contribution in [0.25, 0.3) is 10.4 Å². The number of pyridine rings is 1. The molecule has 0 aliphatic carbocycles. The minimum absolute atomic E-state index is 0.191. The summed E-state index contributed by atoms with van der Waals surface area (Å²) in [6, 6.07) is 7.94. The van der Waals surface area contributed by atoms with Crippen molar-refractivity contribution >= 4 is 34.5 Å². The molecule has 1 aromatic carbocycles. The van der Waals surface area contributed by atoms with E-state index in [1.807, 2.05) is 20.8 Å². The van der Waals surface area contributed by atoms with Crippen LogP contribution in [0.3, 0.4) is 0 Å². The number of thiophene rings is 1. The van der Waals surface area contributed by atoms with Gasteiger partial charge < -0.3 is 5.32 Å². The number of aryl methyl sites for hydroxylation is 1. The lowest BCUT2D eigenvalue weighted by Crippen LogP contribution is -2.11. The third-order valence-electron chi connectivity index (χ3n) is 3.66. The first-order valence-corrected chi connectivity index (χ1v) is 9.64. The summed E-state index contributed by atoms with van der Waals surface area (Å²) in [4.78, 5) is 17.2. The van der Waals surface area contributed by atoms with Crippen LogP contribution in [-0.4, -0.2) is 10.9 Å². The van der Waals surface area contributed by atoms with Crippen LogP contribution in [0.5, 0.6) is 0 Å². The van der Waals surface area contributed by atoms with E-state index in [1.165, 1.54) is 6.07 Å². The normalized spacial score (nSPS) is 10.8. The Morgan fingerprint density at radius 2 is 1.86 bits per heavy atom. The van der Waals surface area contributed by atoms with Crippen LogP contribution >= 0.6 is 22.9 Å². The molecule has 148 valence electrons. The zero-order chi connectivity index (χ0) is 20.9. The second-order valence-electron chi connectivity index (χ2n) is 5.50. The Morgan fingerprint density at radius 3 is 2.50 bits per heavy atom. The molecule has 0 saturated heterocycles. The largest absolute Gasteiger partial charge is 0.416 e. The Bertz CT molecular complexity index is 970. The second-order valence-corrected chi connectivity index (χ2v) is 6.99. The summed E-state index contributed by atoms with van der Waals surface area (Å²) in [5, 5.41) is 2.95. The predicted molar refractivity (Wildman–Crippen MR) is 108 cm³/mol. The zero-order valence-corrected chi connectivity index (χ0v) is 17.0. The number of halogens is 4. The molecule has 0 aliphatic rings. The molecule has 0 bridgehead atoms. The number of amides is 1. The SMILES string of the molecule is CC.Cc1cnccc1NC(=O)c1ccc(-c2cc(C(F)(F)F)ccc2Cl)s1. The second kappa shape index (κ2) is 9.21. The maximum absolute atomic E-state index is 12.9. The highest BCUT2D eigenvalue weighted by atomic mass is 35.5. The van der Waals surface area contributed by atoms with Crippen LogP contribution in [0, 0.1) is 6.92 Å². The number of nitrogens with zero attached hydrogens (tertiary/aromatic N) is 1. The molecule has 0 radical (unpaired) electrons. The van der Waals surface area contributed by atoms with Gasteiger partial charge in [0.2, 0.25) is 0 Å². The van der Waals surface area contributed by atoms with Gasteiger partial charge in [-0.05, 0) is 48.9 Å². The van der Waals surface area contributed by atoms with Gasteiger partial charge in [0, 0.05) is 33.5 Å². The molecule has 0 fully saturated rings. The number of benzene rings is 1. The Balaban J connectivity index is 0.00000136. The molecule has 0 unspecified atom stereocenters. The van der Waals surface area contributed by atoms with Gasteiger partial charge >= 0.3 is 6.18 Å². The molecule has 0 spiro atoms. The van der Waals surface area contributed by atoms with Crippen LogP contribution in [0.4, 0.5) is 18.9 Å². The maximum atomic E-state index is 12.9. The lowest BCUT2D eigenvalue weighted by atomic mass is 10.1. The minimum atomic E-state index is -4.46. The van der Waals surface area contributed by atoms with Crippen molar-refractivity contribution in [1.29, 1.82) is 0 Å². The summed E-state index contributed by atoms with van der Waals surface area (Å²) in [5.74, 6) is -0.348. The summed E-state index contributed by atoms with van der Waals surface area (Å²) >= 11 is 7.13. The van der Waals surface area contributed by atoms with Crippen LogP contribution in [0.1, 0.15) is 34.6 Å². The molecule has 3 aromatic rings. The van der Waals surface area contributed by atoms with E-state index in [0.717, 1.165) is 29.0 Å². The topological polar surface area (TPSA) is 42.0 Å². The molecule has 3 rings (SSSR count). The molecular weight excluding hydrogens is 409 g/mol. The van der Waals surface area contributed by atoms with Gasteiger partial charge in [-0.25, -0.2) is 0 Å². The van der Waals surface area contributed by atoms with E-state index in [4.69, 9.17) is 11.6 Å². The van der Waals surface area contributed by atoms with E-state index in [9.17, 15) is 18.0 Å². The summed E-state index contributed by atoms with van der Waals surface area (Å²) in [6.45, 7) is 5.81. The van der Waals surface area contributed by atoms with Crippen LogP contribution in [0.2, 0.25) is 5.02 Å². The minimum Gasteiger partial charge on any atom is -0.321 e. The fourth-order valence-corrected chi connectivity index (χ4v) is 3.50. The third-order valence-corrected chi connectivity index (χ3v) is 5.10. The highest BCUT2D eigenvalue weighted by Crippen LogP contribution is 2.38. The smallest absolute Gasteiger partial charge is 0.321 e. The molecule has 28 heavy (non-hydrogen) atoms. The van der Waals surface area contributed by atoms with Gasteiger partial charge in [-0.2, -0.15) is 13.2 Å². The highest BCUT2D eigenvalue weighted by Gasteiger charge is 2.31. The summed E-state index contributed by atoms with van der Waals surface area (Å²) in [5.41, 5.74) is 0.880. The van der Waals surface area contributed by atoms with Crippen molar-refractivity contribution in [2.45, 2.75) is 26.9 Å². The van der Waals surface area contributed by atoms with Crippen molar-refractivity contribution in [2.75, 3.05) is 5.32 Å². The van der Waals surface area contributed by atoms with Gasteiger partial charge in [-0.1, -0.05) is 25.4 Å². The summed E-state index contributed by atoms with van der Waals surface area (Å²) < 4.78 is 38.8. The van der Waals surface area contributed by atoms with Crippen LogP contribution < -0.4 is 5.32 Å². The quantitative estimate of drug-likeness (QED) is 0.486. The molecule has 2 aromatic heterocycles. The number of anilines is 1. The van der Waals surface area contributed by atoms with E-state index in [0.29, 0.717) is 15.4 Å². The Kier molecular flexibility index (Phi) is 7.21. The first-order valence-electron chi connectivity index (χ1n) is 8.44. The van der Waals surface area contributed by atoms with E-state index in [2.05, 4.69) is 10.3 Å². The average molecular weight is 427 g/mol. The average Bonchev–Trinajstić information content (AvgIpc) is 3.15.